The van der Waals surface area contributed by atoms with Crippen LogP contribution in [0.5, 0.6) is 0 Å². The minimum atomic E-state index is -0.430. The van der Waals surface area contributed by atoms with Gasteiger partial charge in [0, 0.05) is 36.7 Å². The van der Waals surface area contributed by atoms with Crippen molar-refractivity contribution < 1.29 is 9.53 Å². The number of ether oxygens (including phenoxy) is 1. The molecule has 0 bridgehead atoms. The highest BCUT2D eigenvalue weighted by molar-refractivity contribution is 5.97. The molecule has 0 saturated carbocycles. The molecule has 0 fully saturated rings. The van der Waals surface area contributed by atoms with Crippen molar-refractivity contribution in [1.29, 1.82) is 0 Å². The van der Waals surface area contributed by atoms with Gasteiger partial charge in [0.1, 0.15) is 5.82 Å². The Morgan fingerprint density at radius 2 is 2.30 bits per heavy atom. The van der Waals surface area contributed by atoms with Crippen LogP contribution in [0.1, 0.15) is 21.7 Å². The Labute approximate surface area is 117 Å². The summed E-state index contributed by atoms with van der Waals surface area (Å²) >= 11 is 0. The fraction of sp³-hybridized carbons (Fsp3) is 0.286. The Morgan fingerprint density at radius 3 is 2.95 bits per heavy atom. The molecule has 0 saturated heterocycles. The normalized spacial score (nSPS) is 10.3. The van der Waals surface area contributed by atoms with E-state index in [-0.39, 0.29) is 0 Å². The summed E-state index contributed by atoms with van der Waals surface area (Å²) in [5.74, 6) is 0.484. The number of nitrogens with one attached hydrogen (secondary N) is 2. The molecule has 0 amide bonds. The Bertz CT molecular complexity index is 593. The standard InChI is InChI=1S/C14H18N4O2/c1-9-7-10(8-11(13(9)15)14(19)20-2)16-4-3-12-17-5-6-18-12/h5-8,16H,3-4,15H2,1-2H3,(H,17,18). The first kappa shape index (κ1) is 13.9. The van der Waals surface area contributed by atoms with Crippen molar-refractivity contribution in [3.8, 4) is 0 Å². The second-order valence-corrected chi connectivity index (χ2v) is 4.46. The lowest BCUT2D eigenvalue weighted by Crippen LogP contribution is -2.10. The van der Waals surface area contributed by atoms with Crippen LogP contribution in [-0.2, 0) is 11.2 Å². The molecule has 6 nitrogen and oxygen atoms in total. The Balaban J connectivity index is 2.08. The van der Waals surface area contributed by atoms with Gasteiger partial charge in [-0.05, 0) is 24.6 Å². The maximum Gasteiger partial charge on any atom is 0.340 e. The average Bonchev–Trinajstić information content (AvgIpc) is 2.95. The molecule has 0 radical (unpaired) electrons. The Morgan fingerprint density at radius 1 is 1.50 bits per heavy atom. The summed E-state index contributed by atoms with van der Waals surface area (Å²) in [4.78, 5) is 18.8. The molecule has 1 heterocycles. The first-order valence-electron chi connectivity index (χ1n) is 6.32. The van der Waals surface area contributed by atoms with Gasteiger partial charge in [0.05, 0.1) is 12.7 Å². The number of H-pyrrole nitrogens is 1. The fourth-order valence-electron chi connectivity index (χ4n) is 1.94. The maximum atomic E-state index is 11.7. The molecular formula is C14H18N4O2. The summed E-state index contributed by atoms with van der Waals surface area (Å²) in [5.41, 5.74) is 8.40. The first-order chi connectivity index (χ1) is 9.61. The van der Waals surface area contributed by atoms with Crippen LogP contribution in [0.4, 0.5) is 11.4 Å². The molecular weight excluding hydrogens is 256 g/mol. The van der Waals surface area contributed by atoms with E-state index in [1.807, 2.05) is 13.0 Å². The second-order valence-electron chi connectivity index (χ2n) is 4.46. The van der Waals surface area contributed by atoms with E-state index < -0.39 is 5.97 Å². The van der Waals surface area contributed by atoms with Crippen molar-refractivity contribution >= 4 is 17.3 Å². The number of aromatic amines is 1. The molecule has 0 aliphatic rings. The number of nitrogens with two attached hydrogens (primary N) is 1. The van der Waals surface area contributed by atoms with Crippen molar-refractivity contribution in [3.05, 3.63) is 41.5 Å². The predicted molar refractivity (Wildman–Crippen MR) is 77.7 cm³/mol. The number of carbonyl (C=O) groups is 1. The van der Waals surface area contributed by atoms with Crippen LogP contribution in [0.2, 0.25) is 0 Å². The number of nitrogen functional groups attached to an aromatic ring is 1. The van der Waals surface area contributed by atoms with Crippen LogP contribution in [-0.4, -0.2) is 29.6 Å². The molecule has 20 heavy (non-hydrogen) atoms. The summed E-state index contributed by atoms with van der Waals surface area (Å²) in [6, 6.07) is 3.61. The monoisotopic (exact) mass is 274 g/mol. The van der Waals surface area contributed by atoms with Crippen LogP contribution in [0, 0.1) is 6.92 Å². The van der Waals surface area contributed by atoms with Crippen molar-refractivity contribution in [2.75, 3.05) is 24.7 Å². The summed E-state index contributed by atoms with van der Waals surface area (Å²) in [5, 5.41) is 3.25. The first-order valence-corrected chi connectivity index (χ1v) is 6.32. The summed E-state index contributed by atoms with van der Waals surface area (Å²) in [6.07, 6.45) is 4.28. The van der Waals surface area contributed by atoms with Gasteiger partial charge in [0.15, 0.2) is 0 Å². The Hall–Kier alpha value is -2.50. The number of esters is 1. The molecule has 0 atom stereocenters. The molecule has 0 aliphatic carbocycles. The van der Waals surface area contributed by atoms with E-state index in [0.29, 0.717) is 17.8 Å². The van der Waals surface area contributed by atoms with Gasteiger partial charge in [-0.15, -0.1) is 0 Å². The number of rotatable bonds is 5. The van der Waals surface area contributed by atoms with Crippen LogP contribution >= 0.6 is 0 Å². The number of imidazole rings is 1. The van der Waals surface area contributed by atoms with E-state index in [1.54, 1.807) is 18.5 Å². The summed E-state index contributed by atoms with van der Waals surface area (Å²) < 4.78 is 4.73. The summed E-state index contributed by atoms with van der Waals surface area (Å²) in [7, 11) is 1.34. The number of aromatic nitrogens is 2. The lowest BCUT2D eigenvalue weighted by Gasteiger charge is -2.12. The van der Waals surface area contributed by atoms with Gasteiger partial charge in [0.2, 0.25) is 0 Å². The van der Waals surface area contributed by atoms with Crippen LogP contribution < -0.4 is 11.1 Å². The van der Waals surface area contributed by atoms with Gasteiger partial charge in [-0.3, -0.25) is 0 Å². The van der Waals surface area contributed by atoms with E-state index >= 15 is 0 Å². The molecule has 6 heteroatoms. The SMILES string of the molecule is COC(=O)c1cc(NCCc2ncc[nH]2)cc(C)c1N. The largest absolute Gasteiger partial charge is 0.465 e. The van der Waals surface area contributed by atoms with Gasteiger partial charge in [-0.1, -0.05) is 0 Å². The number of carbonyl (C=O) groups excluding carboxylic acids is 1. The maximum absolute atomic E-state index is 11.7. The number of benzene rings is 1. The van der Waals surface area contributed by atoms with E-state index in [9.17, 15) is 4.79 Å². The molecule has 0 aliphatic heterocycles. The zero-order valence-corrected chi connectivity index (χ0v) is 11.6. The minimum Gasteiger partial charge on any atom is -0.465 e. The molecule has 0 spiro atoms. The number of nitrogens with zero attached hydrogens (tertiary/aromatic N) is 1. The number of methoxy groups -OCH3 is 1. The van der Waals surface area contributed by atoms with E-state index in [1.165, 1.54) is 7.11 Å². The number of hydrogen-bond donors (Lipinski definition) is 3. The molecule has 4 N–H and O–H groups in total. The molecule has 106 valence electrons. The van der Waals surface area contributed by atoms with Crippen LogP contribution in [0.25, 0.3) is 0 Å². The third-order valence-corrected chi connectivity index (χ3v) is 3.04. The smallest absolute Gasteiger partial charge is 0.340 e. The molecule has 1 aromatic carbocycles. The third kappa shape index (κ3) is 3.09. The second kappa shape index (κ2) is 6.10. The lowest BCUT2D eigenvalue weighted by atomic mass is 10.1. The zero-order valence-electron chi connectivity index (χ0n) is 11.6. The van der Waals surface area contributed by atoms with E-state index in [2.05, 4.69) is 15.3 Å². The van der Waals surface area contributed by atoms with Crippen LogP contribution in [0.3, 0.4) is 0 Å². The van der Waals surface area contributed by atoms with Crippen molar-refractivity contribution in [2.45, 2.75) is 13.3 Å². The zero-order chi connectivity index (χ0) is 14.5. The number of aryl methyl sites for hydroxylation is 1. The summed E-state index contributed by atoms with van der Waals surface area (Å²) in [6.45, 7) is 2.57. The highest BCUT2D eigenvalue weighted by Crippen LogP contribution is 2.23. The van der Waals surface area contributed by atoms with Crippen molar-refractivity contribution in [3.63, 3.8) is 0 Å². The van der Waals surface area contributed by atoms with Gasteiger partial charge in [-0.2, -0.15) is 0 Å². The molecule has 2 rings (SSSR count). The third-order valence-electron chi connectivity index (χ3n) is 3.04. The minimum absolute atomic E-state index is 0.382. The topological polar surface area (TPSA) is 93.0 Å². The van der Waals surface area contributed by atoms with Gasteiger partial charge in [-0.25, -0.2) is 9.78 Å². The van der Waals surface area contributed by atoms with Crippen molar-refractivity contribution in [2.24, 2.45) is 0 Å². The van der Waals surface area contributed by atoms with E-state index in [4.69, 9.17) is 10.5 Å². The van der Waals surface area contributed by atoms with Gasteiger partial charge < -0.3 is 20.8 Å². The van der Waals surface area contributed by atoms with Gasteiger partial charge in [0.25, 0.3) is 0 Å². The van der Waals surface area contributed by atoms with E-state index in [0.717, 1.165) is 23.5 Å². The fourth-order valence-corrected chi connectivity index (χ4v) is 1.94. The molecule has 2 aromatic rings. The predicted octanol–water partition coefficient (Wildman–Crippen LogP) is 1.74. The molecule has 1 aromatic heterocycles. The quantitative estimate of drug-likeness (QED) is 0.570. The van der Waals surface area contributed by atoms with Gasteiger partial charge >= 0.3 is 5.97 Å². The van der Waals surface area contributed by atoms with Crippen molar-refractivity contribution in [1.82, 2.24) is 9.97 Å². The molecule has 0 unspecified atom stereocenters. The lowest BCUT2D eigenvalue weighted by molar-refractivity contribution is 0.0602. The number of anilines is 2. The highest BCUT2D eigenvalue weighted by Gasteiger charge is 2.13. The highest BCUT2D eigenvalue weighted by atomic mass is 16.5. The Kier molecular flexibility index (Phi) is 4.24. The average molecular weight is 274 g/mol. The number of hydrogen-bond acceptors (Lipinski definition) is 5. The van der Waals surface area contributed by atoms with Crippen LogP contribution in [0.15, 0.2) is 24.5 Å².